The number of pyridine rings is 1. The minimum Gasteiger partial charge on any atom is -0.489 e. The molecule has 1 heterocycles. The van der Waals surface area contributed by atoms with Crippen LogP contribution >= 0.6 is 0 Å². The zero-order valence-electron chi connectivity index (χ0n) is 10.1. The van der Waals surface area contributed by atoms with Crippen molar-refractivity contribution in [2.24, 2.45) is 5.73 Å². The van der Waals surface area contributed by atoms with E-state index in [1.54, 1.807) is 16.8 Å². The number of ether oxygens (including phenoxy) is 1. The molecule has 0 bridgehead atoms. The summed E-state index contributed by atoms with van der Waals surface area (Å²) in [5, 5.41) is 0. The largest absolute Gasteiger partial charge is 0.489 e. The molecule has 4 heteroatoms. The quantitative estimate of drug-likeness (QED) is 0.864. The van der Waals surface area contributed by atoms with Gasteiger partial charge in [-0.15, -0.1) is 0 Å². The molecule has 1 aromatic heterocycles. The third-order valence-electron chi connectivity index (χ3n) is 2.59. The second-order valence-corrected chi connectivity index (χ2v) is 3.96. The van der Waals surface area contributed by atoms with Gasteiger partial charge in [0, 0.05) is 25.4 Å². The van der Waals surface area contributed by atoms with Crippen molar-refractivity contribution in [2.75, 3.05) is 6.54 Å². The number of benzene rings is 1. The zero-order valence-corrected chi connectivity index (χ0v) is 10.1. The van der Waals surface area contributed by atoms with Gasteiger partial charge >= 0.3 is 0 Å². The van der Waals surface area contributed by atoms with Crippen molar-refractivity contribution in [2.45, 2.75) is 13.2 Å². The van der Waals surface area contributed by atoms with Crippen molar-refractivity contribution in [3.05, 3.63) is 64.6 Å². The number of hydrogen-bond acceptors (Lipinski definition) is 3. The molecule has 0 radical (unpaired) electrons. The summed E-state index contributed by atoms with van der Waals surface area (Å²) in [6.45, 7) is 1.43. The lowest BCUT2D eigenvalue weighted by molar-refractivity contribution is 0.305. The third-order valence-corrected chi connectivity index (χ3v) is 2.59. The summed E-state index contributed by atoms with van der Waals surface area (Å²) in [4.78, 5) is 11.7. The first kappa shape index (κ1) is 12.4. The van der Waals surface area contributed by atoms with Crippen molar-refractivity contribution in [1.29, 1.82) is 0 Å². The van der Waals surface area contributed by atoms with Gasteiger partial charge in [-0.2, -0.15) is 0 Å². The Morgan fingerprint density at radius 1 is 1.17 bits per heavy atom. The average molecular weight is 244 g/mol. The van der Waals surface area contributed by atoms with Gasteiger partial charge in [0.15, 0.2) is 0 Å². The van der Waals surface area contributed by atoms with E-state index in [2.05, 4.69) is 0 Å². The first-order valence-corrected chi connectivity index (χ1v) is 5.87. The molecule has 0 saturated carbocycles. The highest BCUT2D eigenvalue weighted by atomic mass is 16.5. The molecule has 2 aromatic rings. The maximum atomic E-state index is 11.7. The molecule has 0 aliphatic carbocycles. The van der Waals surface area contributed by atoms with Gasteiger partial charge in [0.25, 0.3) is 5.56 Å². The predicted octanol–water partition coefficient (Wildman–Crippen LogP) is 1.39. The van der Waals surface area contributed by atoms with Gasteiger partial charge in [-0.05, 0) is 11.6 Å². The first-order chi connectivity index (χ1) is 8.79. The summed E-state index contributed by atoms with van der Waals surface area (Å²) in [6, 6.07) is 13.1. The lowest BCUT2D eigenvalue weighted by Crippen LogP contribution is -2.22. The maximum Gasteiger partial charge on any atom is 0.254 e. The smallest absolute Gasteiger partial charge is 0.254 e. The van der Waals surface area contributed by atoms with Gasteiger partial charge < -0.3 is 15.0 Å². The Morgan fingerprint density at radius 2 is 1.94 bits per heavy atom. The van der Waals surface area contributed by atoms with Gasteiger partial charge in [0.2, 0.25) is 0 Å². The van der Waals surface area contributed by atoms with E-state index in [1.165, 1.54) is 6.07 Å². The molecule has 0 spiro atoms. The molecule has 0 aliphatic heterocycles. The predicted molar refractivity (Wildman–Crippen MR) is 70.5 cm³/mol. The summed E-state index contributed by atoms with van der Waals surface area (Å²) in [7, 11) is 0. The van der Waals surface area contributed by atoms with Crippen molar-refractivity contribution >= 4 is 0 Å². The summed E-state index contributed by atoms with van der Waals surface area (Å²) in [5.74, 6) is 0.581. The second kappa shape index (κ2) is 6.02. The average Bonchev–Trinajstić information content (AvgIpc) is 2.41. The summed E-state index contributed by atoms with van der Waals surface area (Å²) in [6.07, 6.45) is 1.70. The van der Waals surface area contributed by atoms with Crippen LogP contribution in [0.3, 0.4) is 0 Å². The number of hydrogen-bond donors (Lipinski definition) is 1. The summed E-state index contributed by atoms with van der Waals surface area (Å²) < 4.78 is 7.13. The Bertz CT molecular complexity index is 549. The van der Waals surface area contributed by atoms with Gasteiger partial charge in [0.05, 0.1) is 0 Å². The van der Waals surface area contributed by atoms with Crippen LogP contribution in [0.15, 0.2) is 53.5 Å². The molecule has 1 aromatic carbocycles. The minimum atomic E-state index is -0.0917. The Morgan fingerprint density at radius 3 is 2.61 bits per heavy atom. The first-order valence-electron chi connectivity index (χ1n) is 5.87. The van der Waals surface area contributed by atoms with Crippen LogP contribution in [0.1, 0.15) is 5.56 Å². The van der Waals surface area contributed by atoms with E-state index in [-0.39, 0.29) is 5.56 Å². The molecule has 0 amide bonds. The van der Waals surface area contributed by atoms with Crippen LogP contribution in [0.25, 0.3) is 0 Å². The number of aromatic nitrogens is 1. The standard InChI is InChI=1S/C14H16N2O2/c15-7-9-16-8-6-13(10-14(16)17)18-11-12-4-2-1-3-5-12/h1-6,8,10H,7,9,11,15H2. The lowest BCUT2D eigenvalue weighted by Gasteiger charge is -2.08. The van der Waals surface area contributed by atoms with Crippen LogP contribution < -0.4 is 16.0 Å². The number of nitrogens with two attached hydrogens (primary N) is 1. The van der Waals surface area contributed by atoms with E-state index >= 15 is 0 Å². The molecule has 4 nitrogen and oxygen atoms in total. The Labute approximate surface area is 106 Å². The van der Waals surface area contributed by atoms with Crippen LogP contribution in [0.2, 0.25) is 0 Å². The van der Waals surface area contributed by atoms with Gasteiger partial charge in [-0.3, -0.25) is 4.79 Å². The van der Waals surface area contributed by atoms with Crippen LogP contribution in [-0.2, 0) is 13.2 Å². The monoisotopic (exact) mass is 244 g/mol. The fraction of sp³-hybridized carbons (Fsp3) is 0.214. The fourth-order valence-corrected chi connectivity index (χ4v) is 1.64. The topological polar surface area (TPSA) is 57.2 Å². The van der Waals surface area contributed by atoms with Gasteiger partial charge in [0.1, 0.15) is 12.4 Å². The normalized spacial score (nSPS) is 10.3. The molecule has 0 unspecified atom stereocenters. The molecule has 0 fully saturated rings. The van der Waals surface area contributed by atoms with E-state index in [1.807, 2.05) is 30.3 Å². The lowest BCUT2D eigenvalue weighted by atomic mass is 10.2. The molecule has 18 heavy (non-hydrogen) atoms. The van der Waals surface area contributed by atoms with Crippen molar-refractivity contribution in [3.63, 3.8) is 0 Å². The Hall–Kier alpha value is -2.07. The molecular formula is C14H16N2O2. The third kappa shape index (κ3) is 3.21. The van der Waals surface area contributed by atoms with Crippen LogP contribution in [-0.4, -0.2) is 11.1 Å². The molecule has 0 atom stereocenters. The molecular weight excluding hydrogens is 228 g/mol. The molecule has 2 N–H and O–H groups in total. The van der Waals surface area contributed by atoms with Crippen LogP contribution in [0.5, 0.6) is 5.75 Å². The van der Waals surface area contributed by atoms with E-state index < -0.39 is 0 Å². The molecule has 2 rings (SSSR count). The molecule has 0 saturated heterocycles. The summed E-state index contributed by atoms with van der Waals surface area (Å²) in [5.41, 5.74) is 6.39. The van der Waals surface area contributed by atoms with E-state index in [0.717, 1.165) is 5.56 Å². The SMILES string of the molecule is NCCn1ccc(OCc2ccccc2)cc1=O. The molecule has 94 valence electrons. The highest BCUT2D eigenvalue weighted by molar-refractivity contribution is 5.20. The van der Waals surface area contributed by atoms with E-state index in [9.17, 15) is 4.79 Å². The van der Waals surface area contributed by atoms with Crippen molar-refractivity contribution in [3.8, 4) is 5.75 Å². The van der Waals surface area contributed by atoms with E-state index in [4.69, 9.17) is 10.5 Å². The highest BCUT2D eigenvalue weighted by Crippen LogP contribution is 2.09. The second-order valence-electron chi connectivity index (χ2n) is 3.96. The zero-order chi connectivity index (χ0) is 12.8. The summed E-state index contributed by atoms with van der Waals surface area (Å²) >= 11 is 0. The molecule has 0 aliphatic rings. The van der Waals surface area contributed by atoms with Gasteiger partial charge in [-0.1, -0.05) is 30.3 Å². The van der Waals surface area contributed by atoms with Crippen LogP contribution in [0, 0.1) is 0 Å². The Balaban J connectivity index is 2.02. The maximum absolute atomic E-state index is 11.7. The minimum absolute atomic E-state index is 0.0917. The fourth-order valence-electron chi connectivity index (χ4n) is 1.64. The van der Waals surface area contributed by atoms with Crippen LogP contribution in [0.4, 0.5) is 0 Å². The van der Waals surface area contributed by atoms with Crippen molar-refractivity contribution < 1.29 is 4.74 Å². The number of rotatable bonds is 5. The van der Waals surface area contributed by atoms with E-state index in [0.29, 0.717) is 25.4 Å². The highest BCUT2D eigenvalue weighted by Gasteiger charge is 1.99. The Kier molecular flexibility index (Phi) is 4.15. The van der Waals surface area contributed by atoms with Gasteiger partial charge in [-0.25, -0.2) is 0 Å². The van der Waals surface area contributed by atoms with Crippen molar-refractivity contribution in [1.82, 2.24) is 4.57 Å². The number of nitrogens with zero attached hydrogens (tertiary/aromatic N) is 1.